The molecule has 1 N–H and O–H groups in total. The molecule has 1 aromatic rings. The lowest BCUT2D eigenvalue weighted by Gasteiger charge is -2.29. The molecule has 1 rings (SSSR count). The molecule has 0 radical (unpaired) electrons. The van der Waals surface area contributed by atoms with Crippen molar-refractivity contribution in [2.75, 3.05) is 0 Å². The van der Waals surface area contributed by atoms with Gasteiger partial charge in [0.15, 0.2) is 0 Å². The van der Waals surface area contributed by atoms with E-state index in [1.165, 1.54) is 6.07 Å². The van der Waals surface area contributed by atoms with Crippen LogP contribution >= 0.6 is 11.6 Å². The topological polar surface area (TPSA) is 20.2 Å². The summed E-state index contributed by atoms with van der Waals surface area (Å²) in [5, 5.41) is 10.5. The Hall–Kier alpha value is -0.600. The normalized spacial score (nSPS) is 15.6. The van der Waals surface area contributed by atoms with Gasteiger partial charge in [0.05, 0.1) is 6.10 Å². The van der Waals surface area contributed by atoms with Crippen molar-refractivity contribution in [1.29, 1.82) is 0 Å². The van der Waals surface area contributed by atoms with Crippen LogP contribution in [0.2, 0.25) is 5.02 Å². The van der Waals surface area contributed by atoms with Crippen LogP contribution in [0.3, 0.4) is 0 Å². The number of benzene rings is 1. The summed E-state index contributed by atoms with van der Waals surface area (Å²) >= 11 is 5.99. The van der Waals surface area contributed by atoms with E-state index < -0.39 is 6.10 Å². The number of aliphatic hydroxyl groups excluding tert-OH is 1. The van der Waals surface area contributed by atoms with Crippen LogP contribution < -0.4 is 0 Å². The first-order chi connectivity index (χ1) is 8.12. The van der Waals surface area contributed by atoms with E-state index in [1.54, 1.807) is 13.0 Å². The third-order valence-electron chi connectivity index (χ3n) is 3.69. The predicted octanol–water partition coefficient (Wildman–Crippen LogP) is 4.89. The summed E-state index contributed by atoms with van der Waals surface area (Å²) in [6, 6.07) is 2.91. The highest BCUT2D eigenvalue weighted by Crippen LogP contribution is 2.35. The minimum absolute atomic E-state index is 0.128. The average Bonchev–Trinajstić information content (AvgIpc) is 2.21. The van der Waals surface area contributed by atoms with E-state index >= 15 is 0 Å². The molecule has 102 valence electrons. The van der Waals surface area contributed by atoms with Gasteiger partial charge in [0.25, 0.3) is 0 Å². The van der Waals surface area contributed by atoms with Crippen molar-refractivity contribution >= 4 is 11.6 Å². The van der Waals surface area contributed by atoms with E-state index in [0.717, 1.165) is 0 Å². The van der Waals surface area contributed by atoms with Crippen LogP contribution in [0.4, 0.5) is 4.39 Å². The van der Waals surface area contributed by atoms with Gasteiger partial charge in [-0.3, -0.25) is 0 Å². The molecule has 1 nitrogen and oxygen atoms in total. The molecule has 0 aliphatic heterocycles. The average molecular weight is 273 g/mol. The Morgan fingerprint density at radius 3 is 2.39 bits per heavy atom. The number of aliphatic hydroxyl groups is 1. The number of halogens is 2. The van der Waals surface area contributed by atoms with Crippen LogP contribution in [0.5, 0.6) is 0 Å². The third-order valence-corrected chi connectivity index (χ3v) is 4.02. The monoisotopic (exact) mass is 272 g/mol. The highest BCUT2D eigenvalue weighted by atomic mass is 35.5. The van der Waals surface area contributed by atoms with Crippen LogP contribution in [0, 0.1) is 24.1 Å². The summed E-state index contributed by atoms with van der Waals surface area (Å²) in [6.07, 6.45) is -0.0279. The number of hydrogen-bond acceptors (Lipinski definition) is 1. The lowest BCUT2D eigenvalue weighted by molar-refractivity contribution is 0.111. The molecule has 0 aliphatic rings. The van der Waals surface area contributed by atoms with E-state index in [4.69, 9.17) is 11.6 Å². The summed E-state index contributed by atoms with van der Waals surface area (Å²) in [7, 11) is 0. The molecule has 0 aliphatic carbocycles. The Kier molecular flexibility index (Phi) is 4.79. The summed E-state index contributed by atoms with van der Waals surface area (Å²) in [5.74, 6) is 0.00810. The second kappa shape index (κ2) is 5.58. The first kappa shape index (κ1) is 15.5. The van der Waals surface area contributed by atoms with Crippen LogP contribution in [-0.2, 0) is 0 Å². The van der Waals surface area contributed by atoms with E-state index in [1.807, 2.05) is 0 Å². The lowest BCUT2D eigenvalue weighted by atomic mass is 9.78. The van der Waals surface area contributed by atoms with Crippen molar-refractivity contribution in [3.05, 3.63) is 34.1 Å². The molecule has 0 spiro atoms. The van der Waals surface area contributed by atoms with Crippen LogP contribution in [-0.4, -0.2) is 5.11 Å². The Morgan fingerprint density at radius 2 is 1.89 bits per heavy atom. The lowest BCUT2D eigenvalue weighted by Crippen LogP contribution is -2.20. The van der Waals surface area contributed by atoms with Gasteiger partial charge in [-0.1, -0.05) is 39.3 Å². The summed E-state index contributed by atoms with van der Waals surface area (Å²) in [5.41, 5.74) is 1.26. The molecule has 3 heteroatoms. The number of rotatable bonds is 3. The van der Waals surface area contributed by atoms with E-state index in [-0.39, 0.29) is 11.2 Å². The Morgan fingerprint density at radius 1 is 1.33 bits per heavy atom. The highest BCUT2D eigenvalue weighted by Gasteiger charge is 2.24. The molecule has 0 heterocycles. The zero-order valence-corrected chi connectivity index (χ0v) is 12.5. The largest absolute Gasteiger partial charge is 0.388 e. The maximum Gasteiger partial charge on any atom is 0.127 e. The van der Waals surface area contributed by atoms with Gasteiger partial charge in [0.1, 0.15) is 5.82 Å². The summed E-state index contributed by atoms with van der Waals surface area (Å²) in [4.78, 5) is 0. The van der Waals surface area contributed by atoms with Gasteiger partial charge in [0.2, 0.25) is 0 Å². The Balaban J connectivity index is 2.91. The molecule has 1 aromatic carbocycles. The molecule has 0 fully saturated rings. The number of hydrogen-bond donors (Lipinski definition) is 1. The fourth-order valence-corrected chi connectivity index (χ4v) is 2.03. The van der Waals surface area contributed by atoms with E-state index in [9.17, 15) is 9.50 Å². The van der Waals surface area contributed by atoms with Crippen LogP contribution in [0.25, 0.3) is 0 Å². The SMILES string of the molecule is Cc1cc(C(O)CC(C)C(C)(C)C)c(Cl)cc1F. The maximum atomic E-state index is 13.3. The minimum atomic E-state index is -0.647. The minimum Gasteiger partial charge on any atom is -0.388 e. The van der Waals surface area contributed by atoms with Gasteiger partial charge in [-0.05, 0) is 47.9 Å². The zero-order valence-electron chi connectivity index (χ0n) is 11.7. The smallest absolute Gasteiger partial charge is 0.127 e. The molecule has 18 heavy (non-hydrogen) atoms. The van der Waals surface area contributed by atoms with Crippen molar-refractivity contribution in [2.45, 2.75) is 47.1 Å². The fourth-order valence-electron chi connectivity index (χ4n) is 1.75. The highest BCUT2D eigenvalue weighted by molar-refractivity contribution is 6.31. The van der Waals surface area contributed by atoms with Crippen molar-refractivity contribution in [3.63, 3.8) is 0 Å². The number of aryl methyl sites for hydroxylation is 1. The van der Waals surface area contributed by atoms with E-state index in [2.05, 4.69) is 27.7 Å². The van der Waals surface area contributed by atoms with Gasteiger partial charge in [-0.15, -0.1) is 0 Å². The van der Waals surface area contributed by atoms with Gasteiger partial charge in [-0.25, -0.2) is 4.39 Å². The first-order valence-corrected chi connectivity index (χ1v) is 6.64. The molecule has 2 atom stereocenters. The molecule has 0 aromatic heterocycles. The predicted molar refractivity (Wildman–Crippen MR) is 74.3 cm³/mol. The fraction of sp³-hybridized carbons (Fsp3) is 0.600. The molecule has 0 amide bonds. The van der Waals surface area contributed by atoms with Gasteiger partial charge in [0, 0.05) is 5.02 Å². The van der Waals surface area contributed by atoms with Gasteiger partial charge >= 0.3 is 0 Å². The molecule has 0 saturated carbocycles. The quantitative estimate of drug-likeness (QED) is 0.830. The zero-order chi connectivity index (χ0) is 14.1. The first-order valence-electron chi connectivity index (χ1n) is 6.26. The standard InChI is InChI=1S/C15H22ClFO/c1-9-6-11(12(16)8-13(9)17)14(18)7-10(2)15(3,4)5/h6,8,10,14,18H,7H2,1-5H3. The van der Waals surface area contributed by atoms with Crippen LogP contribution in [0.1, 0.15) is 51.3 Å². The molecule has 0 bridgehead atoms. The third kappa shape index (κ3) is 3.69. The van der Waals surface area contributed by atoms with Crippen molar-refractivity contribution < 1.29 is 9.50 Å². The molecular formula is C15H22ClFO. The van der Waals surface area contributed by atoms with E-state index in [0.29, 0.717) is 28.5 Å². The Labute approximate surface area is 114 Å². The molecule has 0 saturated heterocycles. The second-order valence-corrected chi connectivity index (χ2v) is 6.55. The summed E-state index contributed by atoms with van der Waals surface area (Å²) < 4.78 is 13.3. The molecule has 2 unspecified atom stereocenters. The molecular weight excluding hydrogens is 251 g/mol. The van der Waals surface area contributed by atoms with Crippen molar-refractivity contribution in [2.24, 2.45) is 11.3 Å². The van der Waals surface area contributed by atoms with Gasteiger partial charge < -0.3 is 5.11 Å². The van der Waals surface area contributed by atoms with Crippen molar-refractivity contribution in [1.82, 2.24) is 0 Å². The van der Waals surface area contributed by atoms with Gasteiger partial charge in [-0.2, -0.15) is 0 Å². The van der Waals surface area contributed by atoms with Crippen molar-refractivity contribution in [3.8, 4) is 0 Å². The maximum absolute atomic E-state index is 13.3. The van der Waals surface area contributed by atoms with Crippen LogP contribution in [0.15, 0.2) is 12.1 Å². The Bertz CT molecular complexity index is 423. The summed E-state index contributed by atoms with van der Waals surface area (Å²) in [6.45, 7) is 10.2. The second-order valence-electron chi connectivity index (χ2n) is 6.14.